The SMILES string of the molecule is COc1ccc(/C=C/c2cc(OC)c(OC)c(OC)c2)cc1OCCCO[Si](C)(C)C(C)(C)C. The molecule has 0 amide bonds. The van der Waals surface area contributed by atoms with Gasteiger partial charge in [-0.3, -0.25) is 0 Å². The summed E-state index contributed by atoms with van der Waals surface area (Å²) in [7, 11) is 4.71. The van der Waals surface area contributed by atoms with E-state index in [4.69, 9.17) is 28.1 Å². The minimum absolute atomic E-state index is 0.204. The summed E-state index contributed by atoms with van der Waals surface area (Å²) in [6.45, 7) is 12.5. The van der Waals surface area contributed by atoms with Crippen LogP contribution in [0.5, 0.6) is 28.7 Å². The Hall–Kier alpha value is -2.64. The van der Waals surface area contributed by atoms with E-state index in [1.54, 1.807) is 28.4 Å². The maximum Gasteiger partial charge on any atom is 0.203 e. The molecule has 0 saturated carbocycles. The van der Waals surface area contributed by atoms with Crippen LogP contribution in [0.4, 0.5) is 0 Å². The number of methoxy groups -OCH3 is 4. The third-order valence-corrected chi connectivity index (χ3v) is 10.7. The Morgan fingerprint density at radius 3 is 1.79 bits per heavy atom. The molecular formula is C27H40O6Si. The zero-order chi connectivity index (χ0) is 25.4. The standard InChI is InChI=1S/C27H40O6Si/c1-27(2,3)34(8,9)33-16-10-15-32-23-17-20(13-14-22(23)28-4)11-12-21-18-24(29-5)26(31-7)25(19-21)30-6/h11-14,17-19H,10,15-16H2,1-9H3/b12-11+. The van der Waals surface area contributed by atoms with Crippen LogP contribution in [0, 0.1) is 0 Å². The lowest BCUT2D eigenvalue weighted by molar-refractivity contribution is 0.228. The molecule has 2 aromatic carbocycles. The van der Waals surface area contributed by atoms with Crippen molar-refractivity contribution in [2.24, 2.45) is 0 Å². The molecule has 0 N–H and O–H groups in total. The molecule has 0 saturated heterocycles. The molecule has 0 aliphatic heterocycles. The Kier molecular flexibility index (Phi) is 9.88. The van der Waals surface area contributed by atoms with E-state index in [1.807, 2.05) is 42.5 Å². The second-order valence-corrected chi connectivity index (χ2v) is 14.3. The highest BCUT2D eigenvalue weighted by Gasteiger charge is 2.36. The van der Waals surface area contributed by atoms with E-state index in [0.717, 1.165) is 17.5 Å². The number of rotatable bonds is 12. The van der Waals surface area contributed by atoms with Crippen molar-refractivity contribution in [3.05, 3.63) is 41.5 Å². The highest BCUT2D eigenvalue weighted by Crippen LogP contribution is 2.39. The molecule has 6 nitrogen and oxygen atoms in total. The lowest BCUT2D eigenvalue weighted by Crippen LogP contribution is -2.41. The van der Waals surface area contributed by atoms with Crippen LogP contribution >= 0.6 is 0 Å². The number of ether oxygens (including phenoxy) is 5. The van der Waals surface area contributed by atoms with Crippen molar-refractivity contribution < 1.29 is 28.1 Å². The van der Waals surface area contributed by atoms with Gasteiger partial charge >= 0.3 is 0 Å². The van der Waals surface area contributed by atoms with Gasteiger partial charge in [-0.15, -0.1) is 0 Å². The number of hydrogen-bond donors (Lipinski definition) is 0. The Bertz CT molecular complexity index is 937. The third-order valence-electron chi connectivity index (χ3n) is 6.16. The first-order valence-electron chi connectivity index (χ1n) is 11.5. The van der Waals surface area contributed by atoms with Crippen molar-refractivity contribution in [1.29, 1.82) is 0 Å². The molecule has 34 heavy (non-hydrogen) atoms. The van der Waals surface area contributed by atoms with Gasteiger partial charge in [-0.1, -0.05) is 39.0 Å². The molecule has 0 aromatic heterocycles. The molecule has 0 bridgehead atoms. The monoisotopic (exact) mass is 488 g/mol. The van der Waals surface area contributed by atoms with E-state index in [-0.39, 0.29) is 5.04 Å². The maximum atomic E-state index is 6.24. The first kappa shape index (κ1) is 27.6. The fourth-order valence-corrected chi connectivity index (χ4v) is 4.17. The molecule has 188 valence electrons. The molecule has 0 fully saturated rings. The van der Waals surface area contributed by atoms with E-state index in [2.05, 4.69) is 33.9 Å². The second-order valence-electron chi connectivity index (χ2n) is 9.51. The highest BCUT2D eigenvalue weighted by molar-refractivity contribution is 6.74. The van der Waals surface area contributed by atoms with Gasteiger partial charge in [0.2, 0.25) is 5.75 Å². The minimum atomic E-state index is -1.74. The quantitative estimate of drug-likeness (QED) is 0.189. The Morgan fingerprint density at radius 2 is 1.26 bits per heavy atom. The first-order valence-corrected chi connectivity index (χ1v) is 14.4. The summed E-state index contributed by atoms with van der Waals surface area (Å²) in [6.07, 6.45) is 4.82. The van der Waals surface area contributed by atoms with Gasteiger partial charge in [0, 0.05) is 13.0 Å². The van der Waals surface area contributed by atoms with Crippen LogP contribution in [-0.4, -0.2) is 50.0 Å². The average Bonchev–Trinajstić information content (AvgIpc) is 2.80. The molecule has 2 rings (SSSR count). The van der Waals surface area contributed by atoms with Gasteiger partial charge in [0.05, 0.1) is 35.0 Å². The summed E-state index contributed by atoms with van der Waals surface area (Å²) < 4.78 is 34.0. The normalized spacial score (nSPS) is 12.0. The van der Waals surface area contributed by atoms with Crippen molar-refractivity contribution >= 4 is 20.5 Å². The van der Waals surface area contributed by atoms with Gasteiger partial charge in [0.15, 0.2) is 31.3 Å². The molecule has 2 aromatic rings. The van der Waals surface area contributed by atoms with Crippen LogP contribution in [0.15, 0.2) is 30.3 Å². The second kappa shape index (κ2) is 12.2. The van der Waals surface area contributed by atoms with E-state index in [0.29, 0.717) is 42.0 Å². The molecule has 7 heteroatoms. The summed E-state index contributed by atoms with van der Waals surface area (Å²) in [5.41, 5.74) is 1.91. The largest absolute Gasteiger partial charge is 0.493 e. The van der Waals surface area contributed by atoms with Crippen LogP contribution in [0.3, 0.4) is 0 Å². The zero-order valence-electron chi connectivity index (χ0n) is 22.1. The van der Waals surface area contributed by atoms with Crippen molar-refractivity contribution in [3.63, 3.8) is 0 Å². The number of hydrogen-bond acceptors (Lipinski definition) is 6. The van der Waals surface area contributed by atoms with Gasteiger partial charge in [-0.2, -0.15) is 0 Å². The van der Waals surface area contributed by atoms with Crippen molar-refractivity contribution in [2.45, 2.75) is 45.3 Å². The molecule has 0 aliphatic rings. The molecule has 0 aliphatic carbocycles. The van der Waals surface area contributed by atoms with Crippen LogP contribution in [-0.2, 0) is 4.43 Å². The predicted molar refractivity (Wildman–Crippen MR) is 141 cm³/mol. The van der Waals surface area contributed by atoms with Crippen molar-refractivity contribution in [2.75, 3.05) is 41.7 Å². The molecule has 0 heterocycles. The van der Waals surface area contributed by atoms with E-state index in [9.17, 15) is 0 Å². The molecule has 0 unspecified atom stereocenters. The topological polar surface area (TPSA) is 55.4 Å². The molecule has 0 atom stereocenters. The summed E-state index contributed by atoms with van der Waals surface area (Å²) in [4.78, 5) is 0. The van der Waals surface area contributed by atoms with E-state index in [1.165, 1.54) is 0 Å². The van der Waals surface area contributed by atoms with E-state index < -0.39 is 8.32 Å². The Balaban J connectivity index is 2.08. The molecule has 0 spiro atoms. The summed E-state index contributed by atoms with van der Waals surface area (Å²) in [5, 5.41) is 0.204. The van der Waals surface area contributed by atoms with Gasteiger partial charge in [-0.25, -0.2) is 0 Å². The average molecular weight is 489 g/mol. The lowest BCUT2D eigenvalue weighted by Gasteiger charge is -2.36. The fraction of sp³-hybridized carbons (Fsp3) is 0.481. The smallest absolute Gasteiger partial charge is 0.203 e. The van der Waals surface area contributed by atoms with E-state index >= 15 is 0 Å². The van der Waals surface area contributed by atoms with Crippen LogP contribution in [0.1, 0.15) is 38.3 Å². The molecule has 0 radical (unpaired) electrons. The van der Waals surface area contributed by atoms with Gasteiger partial charge < -0.3 is 28.1 Å². The van der Waals surface area contributed by atoms with Crippen molar-refractivity contribution in [1.82, 2.24) is 0 Å². The highest BCUT2D eigenvalue weighted by atomic mass is 28.4. The maximum absolute atomic E-state index is 6.24. The van der Waals surface area contributed by atoms with Crippen LogP contribution < -0.4 is 23.7 Å². The number of benzene rings is 2. The lowest BCUT2D eigenvalue weighted by atomic mass is 10.1. The minimum Gasteiger partial charge on any atom is -0.493 e. The Morgan fingerprint density at radius 1 is 0.706 bits per heavy atom. The predicted octanol–water partition coefficient (Wildman–Crippen LogP) is 6.68. The van der Waals surface area contributed by atoms with Crippen LogP contribution in [0.2, 0.25) is 18.1 Å². The Labute approximate surface area is 205 Å². The zero-order valence-corrected chi connectivity index (χ0v) is 23.1. The van der Waals surface area contributed by atoms with Gasteiger partial charge in [0.1, 0.15) is 0 Å². The summed E-state index contributed by atoms with van der Waals surface area (Å²) in [5.74, 6) is 3.21. The van der Waals surface area contributed by atoms with Crippen LogP contribution in [0.25, 0.3) is 12.2 Å². The van der Waals surface area contributed by atoms with Crippen molar-refractivity contribution in [3.8, 4) is 28.7 Å². The molecular weight excluding hydrogens is 448 g/mol. The third kappa shape index (κ3) is 7.18. The van der Waals surface area contributed by atoms with Gasteiger partial charge in [-0.05, 0) is 53.5 Å². The summed E-state index contributed by atoms with van der Waals surface area (Å²) in [6, 6.07) is 9.68. The van der Waals surface area contributed by atoms with Gasteiger partial charge in [0.25, 0.3) is 0 Å². The summed E-state index contributed by atoms with van der Waals surface area (Å²) >= 11 is 0. The fourth-order valence-electron chi connectivity index (χ4n) is 3.08. The first-order chi connectivity index (χ1) is 16.1.